The third-order valence-electron chi connectivity index (χ3n) is 6.24. The number of hydrogen-bond donors (Lipinski definition) is 1. The summed E-state index contributed by atoms with van der Waals surface area (Å²) in [6, 6.07) is 6.63. The van der Waals surface area contributed by atoms with Gasteiger partial charge < -0.3 is 19.8 Å². The van der Waals surface area contributed by atoms with E-state index in [1.807, 2.05) is 0 Å². The Morgan fingerprint density at radius 1 is 1.08 bits per heavy atom. The fourth-order valence-corrected chi connectivity index (χ4v) is 4.45. The van der Waals surface area contributed by atoms with Gasteiger partial charge in [0.2, 0.25) is 0 Å². The summed E-state index contributed by atoms with van der Waals surface area (Å²) in [5.74, 6) is -4.41. The first-order valence-electron chi connectivity index (χ1n) is 11.9. The van der Waals surface area contributed by atoms with Crippen molar-refractivity contribution in [2.45, 2.75) is 12.6 Å². The molecule has 1 aromatic carbocycles. The van der Waals surface area contributed by atoms with Gasteiger partial charge in [-0.3, -0.25) is 9.78 Å². The average molecular weight is 548 g/mol. The van der Waals surface area contributed by atoms with Crippen molar-refractivity contribution in [3.63, 3.8) is 0 Å². The van der Waals surface area contributed by atoms with Gasteiger partial charge in [0.15, 0.2) is 0 Å². The molecule has 0 aliphatic carbocycles. The number of halogens is 5. The van der Waals surface area contributed by atoms with Crippen molar-refractivity contribution >= 4 is 29.7 Å². The lowest BCUT2D eigenvalue weighted by molar-refractivity contribution is -0.199. The highest BCUT2D eigenvalue weighted by atomic mass is 19.4. The zero-order valence-corrected chi connectivity index (χ0v) is 20.2. The van der Waals surface area contributed by atoms with Crippen molar-refractivity contribution in [2.75, 3.05) is 37.7 Å². The van der Waals surface area contributed by atoms with Gasteiger partial charge in [-0.15, -0.1) is 0 Å². The molecule has 5 rings (SSSR count). The summed E-state index contributed by atoms with van der Waals surface area (Å²) in [6.45, 7) is 1.63. The molecule has 3 aromatic rings. The summed E-state index contributed by atoms with van der Waals surface area (Å²) in [5.41, 5.74) is 0.906. The van der Waals surface area contributed by atoms with Crippen molar-refractivity contribution < 1.29 is 41.1 Å². The number of hydrogen-bond acceptors (Lipinski definition) is 6. The number of fused-ring (bicyclic) bond motifs is 1. The summed E-state index contributed by atoms with van der Waals surface area (Å²) in [5, 5.41) is 2.59. The van der Waals surface area contributed by atoms with E-state index in [-0.39, 0.29) is 41.2 Å². The zero-order valence-electron chi connectivity index (χ0n) is 20.2. The van der Waals surface area contributed by atoms with Crippen LogP contribution in [0.1, 0.15) is 27.3 Å². The molecule has 2 aliphatic heterocycles. The van der Waals surface area contributed by atoms with Crippen LogP contribution < -0.4 is 15.1 Å². The summed E-state index contributed by atoms with van der Waals surface area (Å²) in [4.78, 5) is 34.3. The SMILES string of the molecule is O=C1NCCc2c1cc(-c1ccnc(C=Cc3cc(F)c(N4CCOCC4)c(F)c3)c1)n2OC(=O)C(F)(F)F. The monoisotopic (exact) mass is 548 g/mol. The minimum absolute atomic E-state index is 0.0265. The van der Waals surface area contributed by atoms with E-state index in [0.717, 1.165) is 0 Å². The van der Waals surface area contributed by atoms with Gasteiger partial charge in [-0.1, -0.05) is 6.08 Å². The number of amides is 1. The fraction of sp³-hybridized carbons (Fsp3) is 0.269. The Hall–Kier alpha value is -4.26. The highest BCUT2D eigenvalue weighted by Crippen LogP contribution is 2.30. The molecule has 2 aliphatic rings. The van der Waals surface area contributed by atoms with E-state index in [1.165, 1.54) is 48.7 Å². The molecular formula is C26H21F5N4O4. The van der Waals surface area contributed by atoms with Crippen LogP contribution in [0.3, 0.4) is 0 Å². The average Bonchev–Trinajstić information content (AvgIpc) is 3.27. The molecule has 0 atom stereocenters. The number of anilines is 1. The molecule has 2 aromatic heterocycles. The van der Waals surface area contributed by atoms with E-state index >= 15 is 0 Å². The number of nitrogens with one attached hydrogen (secondary N) is 1. The van der Waals surface area contributed by atoms with Gasteiger partial charge in [0.05, 0.1) is 35.9 Å². The number of carbonyl (C=O) groups excluding carboxylic acids is 2. The lowest BCUT2D eigenvalue weighted by Crippen LogP contribution is -2.37. The van der Waals surface area contributed by atoms with Crippen LogP contribution in [0.25, 0.3) is 23.4 Å². The van der Waals surface area contributed by atoms with Crippen LogP contribution in [-0.2, 0) is 16.0 Å². The molecule has 1 saturated heterocycles. The number of alkyl halides is 3. The minimum Gasteiger partial charge on any atom is -0.378 e. The molecule has 13 heteroatoms. The molecule has 1 amide bonds. The molecule has 8 nitrogen and oxygen atoms in total. The molecule has 0 radical (unpaired) electrons. The molecule has 1 N–H and O–H groups in total. The van der Waals surface area contributed by atoms with Crippen LogP contribution in [0.4, 0.5) is 27.6 Å². The maximum atomic E-state index is 14.8. The molecule has 1 fully saturated rings. The molecule has 204 valence electrons. The van der Waals surface area contributed by atoms with Gasteiger partial charge in [0.25, 0.3) is 5.91 Å². The fourth-order valence-electron chi connectivity index (χ4n) is 4.45. The Kier molecular flexibility index (Phi) is 7.08. The molecule has 4 heterocycles. The highest BCUT2D eigenvalue weighted by molar-refractivity contribution is 5.98. The maximum Gasteiger partial charge on any atom is 0.493 e. The van der Waals surface area contributed by atoms with Crippen molar-refractivity contribution in [1.29, 1.82) is 0 Å². The summed E-state index contributed by atoms with van der Waals surface area (Å²) >= 11 is 0. The maximum absolute atomic E-state index is 14.8. The van der Waals surface area contributed by atoms with Crippen molar-refractivity contribution in [2.24, 2.45) is 0 Å². The summed E-state index contributed by atoms with van der Waals surface area (Å²) in [6.07, 6.45) is -0.850. The first kappa shape index (κ1) is 26.4. The predicted octanol–water partition coefficient (Wildman–Crippen LogP) is 3.64. The number of carbonyl (C=O) groups is 2. The van der Waals surface area contributed by atoms with Crippen LogP contribution in [0.5, 0.6) is 0 Å². The van der Waals surface area contributed by atoms with Gasteiger partial charge in [-0.25, -0.2) is 13.6 Å². The second-order valence-electron chi connectivity index (χ2n) is 8.80. The molecule has 0 spiro atoms. The number of benzene rings is 1. The second kappa shape index (κ2) is 10.5. The Balaban J connectivity index is 1.45. The second-order valence-corrected chi connectivity index (χ2v) is 8.80. The number of nitrogens with zero attached hydrogens (tertiary/aromatic N) is 3. The molecule has 0 unspecified atom stereocenters. The number of pyridine rings is 1. The third kappa shape index (κ3) is 5.48. The normalized spacial score (nSPS) is 15.8. The van der Waals surface area contributed by atoms with E-state index in [0.29, 0.717) is 42.3 Å². The zero-order chi connectivity index (χ0) is 27.7. The quantitative estimate of drug-likeness (QED) is 0.491. The first-order chi connectivity index (χ1) is 18.6. The van der Waals surface area contributed by atoms with E-state index in [2.05, 4.69) is 15.1 Å². The van der Waals surface area contributed by atoms with Crippen LogP contribution in [-0.4, -0.2) is 60.6 Å². The standard InChI is InChI=1S/C26H21F5N4O4/c27-19-11-15(12-20(28)23(19)34-7-9-38-10-8-34)1-2-17-13-16(3-5-32-17)22-14-18-21(4-6-33-24(18)36)35(22)39-25(37)26(29,30)31/h1-3,5,11-14H,4,6-10H2,(H,33,36). The lowest BCUT2D eigenvalue weighted by Gasteiger charge is -2.29. The predicted molar refractivity (Wildman–Crippen MR) is 130 cm³/mol. The smallest absolute Gasteiger partial charge is 0.378 e. The number of ether oxygens (including phenoxy) is 1. The largest absolute Gasteiger partial charge is 0.493 e. The van der Waals surface area contributed by atoms with Gasteiger partial charge in [0, 0.05) is 37.8 Å². The Bertz CT molecular complexity index is 1440. The van der Waals surface area contributed by atoms with E-state index in [1.54, 1.807) is 4.90 Å². The molecule has 0 saturated carbocycles. The van der Waals surface area contributed by atoms with Crippen LogP contribution in [0.2, 0.25) is 0 Å². The van der Waals surface area contributed by atoms with Gasteiger partial charge in [-0.2, -0.15) is 17.9 Å². The summed E-state index contributed by atoms with van der Waals surface area (Å²) in [7, 11) is 0. The van der Waals surface area contributed by atoms with Gasteiger partial charge in [-0.05, 0) is 42.0 Å². The Morgan fingerprint density at radius 2 is 1.79 bits per heavy atom. The molecule has 39 heavy (non-hydrogen) atoms. The third-order valence-corrected chi connectivity index (χ3v) is 6.24. The van der Waals surface area contributed by atoms with Crippen LogP contribution >= 0.6 is 0 Å². The Labute approximate surface area is 218 Å². The number of rotatable bonds is 5. The van der Waals surface area contributed by atoms with Gasteiger partial charge in [0.1, 0.15) is 17.3 Å². The van der Waals surface area contributed by atoms with E-state index in [4.69, 9.17) is 4.74 Å². The first-order valence-corrected chi connectivity index (χ1v) is 11.9. The number of aromatic nitrogens is 2. The highest BCUT2D eigenvalue weighted by Gasteiger charge is 2.43. The van der Waals surface area contributed by atoms with Crippen LogP contribution in [0, 0.1) is 11.6 Å². The van der Waals surface area contributed by atoms with Crippen molar-refractivity contribution in [3.8, 4) is 11.3 Å². The minimum atomic E-state index is -5.25. The van der Waals surface area contributed by atoms with Gasteiger partial charge >= 0.3 is 12.1 Å². The summed E-state index contributed by atoms with van der Waals surface area (Å²) < 4.78 is 74.3. The molecular weight excluding hydrogens is 527 g/mol. The van der Waals surface area contributed by atoms with Crippen LogP contribution in [0.15, 0.2) is 36.5 Å². The van der Waals surface area contributed by atoms with E-state index < -0.39 is 29.7 Å². The number of morpholine rings is 1. The topological polar surface area (TPSA) is 85.7 Å². The molecule has 0 bridgehead atoms. The van der Waals surface area contributed by atoms with Crippen molar-refractivity contribution in [3.05, 3.63) is 70.7 Å². The van der Waals surface area contributed by atoms with E-state index in [9.17, 15) is 31.5 Å². The lowest BCUT2D eigenvalue weighted by atomic mass is 10.1. The van der Waals surface area contributed by atoms with Crippen molar-refractivity contribution in [1.82, 2.24) is 15.0 Å². The Morgan fingerprint density at radius 3 is 2.49 bits per heavy atom.